The summed E-state index contributed by atoms with van der Waals surface area (Å²) in [4.78, 5) is 13.8. The lowest BCUT2D eigenvalue weighted by Crippen LogP contribution is -2.71. The van der Waals surface area contributed by atoms with Gasteiger partial charge < -0.3 is 9.16 Å². The van der Waals surface area contributed by atoms with Gasteiger partial charge in [0, 0.05) is 17.9 Å². The predicted octanol–water partition coefficient (Wildman–Crippen LogP) is 3.59. The van der Waals surface area contributed by atoms with Crippen molar-refractivity contribution in [2.45, 2.75) is 84.8 Å². The number of carbonyl (C=O) groups is 1. The van der Waals surface area contributed by atoms with Crippen LogP contribution in [0.3, 0.4) is 0 Å². The Kier molecular flexibility index (Phi) is 4.41. The fraction of sp³-hybridized carbons (Fsp3) is 0.952. The second-order valence-electron chi connectivity index (χ2n) is 12.0. The zero-order valence-electron chi connectivity index (χ0n) is 19.2. The van der Waals surface area contributed by atoms with E-state index in [0.717, 1.165) is 19.3 Å². The summed E-state index contributed by atoms with van der Waals surface area (Å²) >= 11 is 0. The topological polar surface area (TPSA) is 72.9 Å². The Morgan fingerprint density at radius 3 is 2.24 bits per heavy atom. The highest BCUT2D eigenvalue weighted by Crippen LogP contribution is 2.70. The lowest BCUT2D eigenvalue weighted by atomic mass is 9.58. The summed E-state index contributed by atoms with van der Waals surface area (Å²) in [7, 11) is -4.10. The number of sulfonamides is 1. The van der Waals surface area contributed by atoms with Crippen LogP contribution in [-0.2, 0) is 24.0 Å². The summed E-state index contributed by atoms with van der Waals surface area (Å²) in [6.07, 6.45) is 3.33. The predicted molar refractivity (Wildman–Crippen MR) is 114 cm³/mol. The zero-order chi connectivity index (χ0) is 21.8. The van der Waals surface area contributed by atoms with E-state index in [1.807, 2.05) is 13.8 Å². The quantitative estimate of drug-likeness (QED) is 0.490. The number of amides is 1. The Morgan fingerprint density at radius 2 is 1.76 bits per heavy atom. The monoisotopic (exact) mass is 443 g/mol. The summed E-state index contributed by atoms with van der Waals surface area (Å²) in [5, 5.41) is 0. The van der Waals surface area contributed by atoms with E-state index in [1.165, 1.54) is 4.31 Å². The van der Waals surface area contributed by atoms with Crippen molar-refractivity contribution in [2.24, 2.45) is 28.1 Å². The largest absolute Gasteiger partial charge is 0.390 e. The molecule has 1 aliphatic heterocycles. The van der Waals surface area contributed by atoms with E-state index >= 15 is 0 Å². The summed E-state index contributed by atoms with van der Waals surface area (Å²) in [6, 6.07) is -0.209. The molecule has 3 saturated carbocycles. The molecule has 1 amide bonds. The molecule has 1 saturated heterocycles. The van der Waals surface area contributed by atoms with E-state index in [4.69, 9.17) is 9.16 Å². The van der Waals surface area contributed by atoms with Crippen LogP contribution in [0.1, 0.15) is 53.4 Å². The van der Waals surface area contributed by atoms with Gasteiger partial charge in [-0.3, -0.25) is 4.79 Å². The van der Waals surface area contributed by atoms with Crippen molar-refractivity contribution in [2.75, 3.05) is 12.9 Å². The standard InChI is InChI=1S/C21H37NO5SSi/c1-18(2)12-15(21(18,26-5)27-29(6,7)8)17(23)22-16-11-14-9-10-20(16,19(14,3)4)13-28(22,24)25/h14-16H,9-13H2,1-8H3/t14-,15+,16-,20-,21?/m1/s1. The van der Waals surface area contributed by atoms with Crippen LogP contribution in [0.4, 0.5) is 0 Å². The van der Waals surface area contributed by atoms with Crippen LogP contribution >= 0.6 is 0 Å². The Labute approximate surface area is 176 Å². The van der Waals surface area contributed by atoms with Crippen molar-refractivity contribution in [3.8, 4) is 0 Å². The van der Waals surface area contributed by atoms with E-state index in [2.05, 4.69) is 33.5 Å². The Bertz CT molecular complexity index is 848. The average molecular weight is 444 g/mol. The SMILES string of the molecule is COC1(O[Si](C)(C)C)[C@H](C(=O)N2[C@@H]3C[C@H]4CC[C@]3(CS2(=O)=O)C4(C)C)CC1(C)C. The smallest absolute Gasteiger partial charge is 0.244 e. The maximum absolute atomic E-state index is 13.8. The third-order valence-corrected chi connectivity index (χ3v) is 11.6. The number of carbonyl (C=O) groups excluding carboxylic acids is 1. The molecular formula is C21H37NO5SSi. The van der Waals surface area contributed by atoms with Crippen molar-refractivity contribution in [3.63, 3.8) is 0 Å². The molecule has 4 fully saturated rings. The summed E-state index contributed by atoms with van der Waals surface area (Å²) < 4.78 is 40.3. The first kappa shape index (κ1) is 21.8. The van der Waals surface area contributed by atoms with Crippen LogP contribution in [0.5, 0.6) is 0 Å². The van der Waals surface area contributed by atoms with E-state index in [1.54, 1.807) is 7.11 Å². The van der Waals surface area contributed by atoms with Crippen LogP contribution in [0.2, 0.25) is 19.6 Å². The first-order chi connectivity index (χ1) is 13.0. The minimum absolute atomic E-state index is 0.0498. The molecule has 4 aliphatic rings. The molecule has 0 aromatic carbocycles. The number of hydrogen-bond acceptors (Lipinski definition) is 5. The minimum Gasteiger partial charge on any atom is -0.390 e. The number of fused-ring (bicyclic) bond motifs is 1. The fourth-order valence-corrected chi connectivity index (χ4v) is 11.2. The molecule has 2 bridgehead atoms. The van der Waals surface area contributed by atoms with Gasteiger partial charge in [0.2, 0.25) is 15.9 Å². The van der Waals surface area contributed by atoms with Crippen molar-refractivity contribution in [3.05, 3.63) is 0 Å². The van der Waals surface area contributed by atoms with Crippen molar-refractivity contribution >= 4 is 24.2 Å². The Balaban J connectivity index is 1.72. The summed E-state index contributed by atoms with van der Waals surface area (Å²) in [5.41, 5.74) is -0.704. The normalized spacial score (nSPS) is 43.9. The van der Waals surface area contributed by atoms with E-state index in [0.29, 0.717) is 12.3 Å². The zero-order valence-corrected chi connectivity index (χ0v) is 21.0. The van der Waals surface area contributed by atoms with Crippen molar-refractivity contribution in [1.29, 1.82) is 0 Å². The van der Waals surface area contributed by atoms with Gasteiger partial charge in [-0.25, -0.2) is 12.7 Å². The van der Waals surface area contributed by atoms with Gasteiger partial charge in [0.05, 0.1) is 17.7 Å². The lowest BCUT2D eigenvalue weighted by molar-refractivity contribution is -0.324. The Morgan fingerprint density at radius 1 is 1.14 bits per heavy atom. The molecule has 1 heterocycles. The van der Waals surface area contributed by atoms with Gasteiger partial charge in [0.25, 0.3) is 0 Å². The molecule has 0 aromatic rings. The van der Waals surface area contributed by atoms with Crippen molar-refractivity contribution < 1.29 is 22.4 Å². The van der Waals surface area contributed by atoms with Crippen molar-refractivity contribution in [1.82, 2.24) is 4.31 Å². The van der Waals surface area contributed by atoms with Gasteiger partial charge in [-0.1, -0.05) is 27.7 Å². The van der Waals surface area contributed by atoms with Gasteiger partial charge in [0.1, 0.15) is 0 Å². The van der Waals surface area contributed by atoms with E-state index in [-0.39, 0.29) is 33.9 Å². The third kappa shape index (κ3) is 2.58. The maximum atomic E-state index is 13.8. The summed E-state index contributed by atoms with van der Waals surface area (Å²) in [5.74, 6) is -1.37. The number of ether oxygens (including phenoxy) is 1. The first-order valence-electron chi connectivity index (χ1n) is 10.9. The Hall–Kier alpha value is -0.443. The van der Waals surface area contributed by atoms with Gasteiger partial charge in [-0.15, -0.1) is 0 Å². The average Bonchev–Trinajstić information content (AvgIpc) is 3.03. The molecular weight excluding hydrogens is 406 g/mol. The van der Waals surface area contributed by atoms with E-state index < -0.39 is 30.0 Å². The molecule has 1 unspecified atom stereocenters. The number of nitrogens with zero attached hydrogens (tertiary/aromatic N) is 1. The van der Waals surface area contributed by atoms with Gasteiger partial charge >= 0.3 is 0 Å². The molecule has 0 aromatic heterocycles. The molecule has 0 radical (unpaired) electrons. The maximum Gasteiger partial charge on any atom is 0.244 e. The van der Waals surface area contributed by atoms with E-state index in [9.17, 15) is 13.2 Å². The second kappa shape index (κ2) is 5.87. The highest BCUT2D eigenvalue weighted by Gasteiger charge is 2.75. The minimum atomic E-state index is -3.64. The van der Waals surface area contributed by atoms with Crippen LogP contribution < -0.4 is 0 Å². The van der Waals surface area contributed by atoms with Crippen LogP contribution in [-0.4, -0.2) is 51.6 Å². The van der Waals surface area contributed by atoms with Gasteiger partial charge in [0.15, 0.2) is 14.1 Å². The molecule has 29 heavy (non-hydrogen) atoms. The molecule has 3 aliphatic carbocycles. The number of hydrogen-bond donors (Lipinski definition) is 0. The molecule has 166 valence electrons. The van der Waals surface area contributed by atoms with Gasteiger partial charge in [-0.05, 0) is 56.7 Å². The molecule has 6 nitrogen and oxygen atoms in total. The third-order valence-electron chi connectivity index (χ3n) is 8.80. The lowest BCUT2D eigenvalue weighted by Gasteiger charge is -2.61. The molecule has 1 spiro atoms. The number of methoxy groups -OCH3 is 1. The molecule has 8 heteroatoms. The second-order valence-corrected chi connectivity index (χ2v) is 18.3. The molecule has 0 N–H and O–H groups in total. The highest BCUT2D eigenvalue weighted by molar-refractivity contribution is 7.90. The van der Waals surface area contributed by atoms with Crippen LogP contribution in [0, 0.1) is 28.1 Å². The summed E-state index contributed by atoms with van der Waals surface area (Å²) in [6.45, 7) is 14.7. The van der Waals surface area contributed by atoms with Crippen LogP contribution in [0.15, 0.2) is 0 Å². The first-order valence-corrected chi connectivity index (χ1v) is 15.9. The number of rotatable bonds is 4. The fourth-order valence-electron chi connectivity index (χ4n) is 7.23. The van der Waals surface area contributed by atoms with Gasteiger partial charge in [-0.2, -0.15) is 0 Å². The highest BCUT2D eigenvalue weighted by atomic mass is 32.2. The molecule has 4 rings (SSSR count). The molecule has 5 atom stereocenters. The van der Waals surface area contributed by atoms with Crippen LogP contribution in [0.25, 0.3) is 0 Å².